The molecular weight excluding hydrogens is 300 g/mol. The van der Waals surface area contributed by atoms with Crippen molar-refractivity contribution in [1.82, 2.24) is 9.88 Å². The molecule has 4 N–H and O–H groups in total. The Bertz CT molecular complexity index is 502. The topological polar surface area (TPSA) is 88.5 Å². The minimum Gasteiger partial charge on any atom is -0.382 e. The number of nitrogens with two attached hydrogens (primary N) is 2. The van der Waals surface area contributed by atoms with Gasteiger partial charge in [-0.3, -0.25) is 4.79 Å². The zero-order valence-corrected chi connectivity index (χ0v) is 12.6. The van der Waals surface area contributed by atoms with E-state index in [9.17, 15) is 13.6 Å². The number of nitrogen functional groups attached to an aromatic ring is 1. The fraction of sp³-hybridized carbons (Fsp3) is 0.667. The number of carbonyl (C=O) groups is 1. The third-order valence-electron chi connectivity index (χ3n) is 3.41. The lowest BCUT2D eigenvalue weighted by Crippen LogP contribution is -2.39. The van der Waals surface area contributed by atoms with Gasteiger partial charge in [0.15, 0.2) is 5.13 Å². The Morgan fingerprint density at radius 3 is 2.71 bits per heavy atom. The van der Waals surface area contributed by atoms with Gasteiger partial charge in [-0.2, -0.15) is 0 Å². The van der Waals surface area contributed by atoms with Crippen LogP contribution in [0.1, 0.15) is 22.5 Å². The lowest BCUT2D eigenvalue weighted by atomic mass is 10.1. The first kappa shape index (κ1) is 15.9. The lowest BCUT2D eigenvalue weighted by Gasteiger charge is -2.29. The van der Waals surface area contributed by atoms with Crippen LogP contribution in [0.3, 0.4) is 0 Å². The average Bonchev–Trinajstić information content (AvgIpc) is 2.80. The number of nitrogens with zero attached hydrogens (tertiary/aromatic N) is 3. The van der Waals surface area contributed by atoms with Gasteiger partial charge in [0, 0.05) is 26.2 Å². The normalized spacial score (nSPS) is 16.5. The first-order valence-corrected chi connectivity index (χ1v) is 7.50. The van der Waals surface area contributed by atoms with Crippen LogP contribution < -0.4 is 16.4 Å². The fourth-order valence-corrected chi connectivity index (χ4v) is 3.19. The van der Waals surface area contributed by atoms with Gasteiger partial charge in [-0.1, -0.05) is 11.3 Å². The maximum absolute atomic E-state index is 12.3. The molecule has 0 radical (unpaired) electrons. The Balaban J connectivity index is 2.10. The molecule has 1 aliphatic heterocycles. The van der Waals surface area contributed by atoms with E-state index in [0.717, 1.165) is 42.2 Å². The number of halogens is 2. The highest BCUT2D eigenvalue weighted by Crippen LogP contribution is 2.30. The molecule has 0 saturated carbocycles. The van der Waals surface area contributed by atoms with Crippen LogP contribution in [0.2, 0.25) is 0 Å². The van der Waals surface area contributed by atoms with Crippen molar-refractivity contribution in [1.29, 1.82) is 0 Å². The Morgan fingerprint density at radius 2 is 2.14 bits per heavy atom. The van der Waals surface area contributed by atoms with Crippen molar-refractivity contribution >= 4 is 28.2 Å². The Hall–Kier alpha value is -1.48. The molecule has 0 spiro atoms. The molecule has 0 atom stereocenters. The van der Waals surface area contributed by atoms with Gasteiger partial charge in [0.2, 0.25) is 0 Å². The minimum absolute atomic E-state index is 0.0935. The first-order chi connectivity index (χ1) is 9.88. The molecule has 0 unspecified atom stereocenters. The number of rotatable bonds is 4. The number of amides is 1. The summed E-state index contributed by atoms with van der Waals surface area (Å²) in [5, 5.41) is 0.646. The highest BCUT2D eigenvalue weighted by Gasteiger charge is 2.25. The molecule has 0 bridgehead atoms. The molecule has 1 amide bonds. The van der Waals surface area contributed by atoms with E-state index < -0.39 is 18.9 Å². The molecule has 21 heavy (non-hydrogen) atoms. The van der Waals surface area contributed by atoms with Gasteiger partial charge in [0.25, 0.3) is 12.3 Å². The summed E-state index contributed by atoms with van der Waals surface area (Å²) >= 11 is 1.14. The smallest absolute Gasteiger partial charge is 0.267 e. The zero-order valence-electron chi connectivity index (χ0n) is 11.8. The molecule has 118 valence electrons. The van der Waals surface area contributed by atoms with Gasteiger partial charge in [-0.15, -0.1) is 0 Å². The van der Waals surface area contributed by atoms with Gasteiger partial charge in [-0.05, 0) is 12.8 Å². The van der Waals surface area contributed by atoms with Gasteiger partial charge in [-0.25, -0.2) is 13.8 Å². The van der Waals surface area contributed by atoms with E-state index in [0.29, 0.717) is 5.13 Å². The number of carbonyl (C=O) groups excluding carboxylic acids is 1. The summed E-state index contributed by atoms with van der Waals surface area (Å²) in [4.78, 5) is 19.5. The Kier molecular flexibility index (Phi) is 4.94. The van der Waals surface area contributed by atoms with E-state index >= 15 is 0 Å². The summed E-state index contributed by atoms with van der Waals surface area (Å²) < 4.78 is 24.7. The molecule has 1 aliphatic rings. The van der Waals surface area contributed by atoms with Crippen molar-refractivity contribution in [2.75, 3.05) is 37.3 Å². The summed E-state index contributed by atoms with van der Waals surface area (Å²) in [6.07, 6.45) is -0.863. The molecule has 0 aliphatic carbocycles. The van der Waals surface area contributed by atoms with Gasteiger partial charge >= 0.3 is 0 Å². The standard InChI is InChI=1S/C12H19F2N5OS/c1-18(6-8(13)14)11(20)9-10(16)17-12(21-9)19-4-2-7(15)3-5-19/h7-8H,2-6,15-16H2,1H3. The van der Waals surface area contributed by atoms with Gasteiger partial charge in [0.1, 0.15) is 10.7 Å². The van der Waals surface area contributed by atoms with Crippen molar-refractivity contribution in [3.8, 4) is 0 Å². The third-order valence-corrected chi connectivity index (χ3v) is 4.52. The van der Waals surface area contributed by atoms with Crippen LogP contribution in [-0.4, -0.2) is 54.9 Å². The minimum atomic E-state index is -2.57. The quantitative estimate of drug-likeness (QED) is 0.864. The van der Waals surface area contributed by atoms with Crippen LogP contribution in [0.5, 0.6) is 0 Å². The maximum atomic E-state index is 12.3. The van der Waals surface area contributed by atoms with Crippen molar-refractivity contribution in [3.05, 3.63) is 4.88 Å². The largest absolute Gasteiger partial charge is 0.382 e. The van der Waals surface area contributed by atoms with E-state index in [-0.39, 0.29) is 16.7 Å². The fourth-order valence-electron chi connectivity index (χ4n) is 2.16. The number of hydrogen-bond donors (Lipinski definition) is 2. The Labute approximate surface area is 125 Å². The number of alkyl halides is 2. The molecule has 2 rings (SSSR count). The van der Waals surface area contributed by atoms with Gasteiger partial charge < -0.3 is 21.3 Å². The van der Waals surface area contributed by atoms with Crippen LogP contribution in [0.25, 0.3) is 0 Å². The molecule has 9 heteroatoms. The molecule has 2 heterocycles. The van der Waals surface area contributed by atoms with Crippen LogP contribution >= 0.6 is 11.3 Å². The highest BCUT2D eigenvalue weighted by atomic mass is 32.1. The SMILES string of the molecule is CN(CC(F)F)C(=O)c1sc(N2CCC(N)CC2)nc1N. The summed E-state index contributed by atoms with van der Waals surface area (Å²) in [5.41, 5.74) is 11.6. The molecule has 6 nitrogen and oxygen atoms in total. The van der Waals surface area contributed by atoms with E-state index in [4.69, 9.17) is 11.5 Å². The summed E-state index contributed by atoms with van der Waals surface area (Å²) in [6.45, 7) is 0.896. The number of thiazole rings is 1. The summed E-state index contributed by atoms with van der Waals surface area (Å²) in [5.74, 6) is -0.429. The predicted octanol–water partition coefficient (Wildman–Crippen LogP) is 0.990. The highest BCUT2D eigenvalue weighted by molar-refractivity contribution is 7.18. The monoisotopic (exact) mass is 319 g/mol. The molecule has 1 aromatic rings. The maximum Gasteiger partial charge on any atom is 0.267 e. The molecule has 1 aromatic heterocycles. The van der Waals surface area contributed by atoms with Crippen molar-refractivity contribution in [3.63, 3.8) is 0 Å². The van der Waals surface area contributed by atoms with Crippen molar-refractivity contribution in [2.24, 2.45) is 5.73 Å². The van der Waals surface area contributed by atoms with E-state index in [1.165, 1.54) is 7.05 Å². The van der Waals surface area contributed by atoms with Gasteiger partial charge in [0.05, 0.1) is 6.54 Å². The van der Waals surface area contributed by atoms with Crippen LogP contribution in [0.4, 0.5) is 19.7 Å². The number of aromatic nitrogens is 1. The second kappa shape index (κ2) is 6.52. The molecule has 1 fully saturated rings. The van der Waals surface area contributed by atoms with Crippen LogP contribution in [-0.2, 0) is 0 Å². The van der Waals surface area contributed by atoms with Crippen LogP contribution in [0, 0.1) is 0 Å². The zero-order chi connectivity index (χ0) is 15.6. The number of anilines is 2. The van der Waals surface area contributed by atoms with E-state index in [1.807, 2.05) is 4.90 Å². The first-order valence-electron chi connectivity index (χ1n) is 6.69. The Morgan fingerprint density at radius 1 is 1.52 bits per heavy atom. The third kappa shape index (κ3) is 3.79. The molecule has 1 saturated heterocycles. The van der Waals surface area contributed by atoms with E-state index in [2.05, 4.69) is 4.98 Å². The predicted molar refractivity (Wildman–Crippen MR) is 78.9 cm³/mol. The van der Waals surface area contributed by atoms with Crippen LogP contribution in [0.15, 0.2) is 0 Å². The average molecular weight is 319 g/mol. The van der Waals surface area contributed by atoms with E-state index in [1.54, 1.807) is 0 Å². The van der Waals surface area contributed by atoms with Crippen molar-refractivity contribution < 1.29 is 13.6 Å². The second-order valence-corrected chi connectivity index (χ2v) is 6.09. The lowest BCUT2D eigenvalue weighted by molar-refractivity contribution is 0.0625. The number of piperidine rings is 1. The summed E-state index contributed by atoms with van der Waals surface area (Å²) in [7, 11) is 1.33. The molecular formula is C12H19F2N5OS. The number of hydrogen-bond acceptors (Lipinski definition) is 6. The molecule has 0 aromatic carbocycles. The summed E-state index contributed by atoms with van der Waals surface area (Å²) in [6, 6.07) is 0.192. The second-order valence-electron chi connectivity index (χ2n) is 5.11. The van der Waals surface area contributed by atoms with Crippen molar-refractivity contribution in [2.45, 2.75) is 25.3 Å².